The van der Waals surface area contributed by atoms with E-state index in [0.717, 1.165) is 42.1 Å². The Hall–Kier alpha value is -1.72. The van der Waals surface area contributed by atoms with Crippen LogP contribution in [0.15, 0.2) is 29.6 Å². The summed E-state index contributed by atoms with van der Waals surface area (Å²) < 4.78 is 0. The van der Waals surface area contributed by atoms with Gasteiger partial charge in [-0.1, -0.05) is 38.1 Å². The maximum Gasteiger partial charge on any atom is 0.308 e. The molecular weight excluding hydrogens is 332 g/mol. The van der Waals surface area contributed by atoms with Gasteiger partial charge in [0.05, 0.1) is 11.6 Å². The van der Waals surface area contributed by atoms with E-state index >= 15 is 0 Å². The van der Waals surface area contributed by atoms with E-state index in [0.29, 0.717) is 12.0 Å². The number of aromatic nitrogens is 1. The van der Waals surface area contributed by atoms with Crippen LogP contribution in [0.3, 0.4) is 0 Å². The van der Waals surface area contributed by atoms with Crippen molar-refractivity contribution in [3.05, 3.63) is 40.9 Å². The molecule has 2 saturated heterocycles. The molecule has 2 fully saturated rings. The van der Waals surface area contributed by atoms with Crippen LogP contribution in [0.2, 0.25) is 0 Å². The second-order valence-corrected chi connectivity index (χ2v) is 8.43. The second-order valence-electron chi connectivity index (χ2n) is 7.57. The highest BCUT2D eigenvalue weighted by Gasteiger charge is 2.49. The lowest BCUT2D eigenvalue weighted by atomic mass is 9.89. The fourth-order valence-corrected chi connectivity index (χ4v) is 5.14. The van der Waals surface area contributed by atoms with Crippen LogP contribution in [0.1, 0.15) is 50.3 Å². The zero-order valence-electron chi connectivity index (χ0n) is 14.7. The highest BCUT2D eigenvalue weighted by atomic mass is 32.1. The molecule has 132 valence electrons. The van der Waals surface area contributed by atoms with Gasteiger partial charge in [0.2, 0.25) is 0 Å². The molecule has 0 amide bonds. The van der Waals surface area contributed by atoms with E-state index in [-0.39, 0.29) is 12.0 Å². The Morgan fingerprint density at radius 2 is 2.08 bits per heavy atom. The molecule has 3 atom stereocenters. The van der Waals surface area contributed by atoms with Crippen LogP contribution in [0.4, 0.5) is 0 Å². The number of benzene rings is 1. The summed E-state index contributed by atoms with van der Waals surface area (Å²) in [6.45, 7) is 5.18. The third-order valence-electron chi connectivity index (χ3n) is 5.72. The molecule has 0 saturated carbocycles. The normalized spacial score (nSPS) is 25.8. The van der Waals surface area contributed by atoms with Crippen molar-refractivity contribution in [2.45, 2.75) is 57.7 Å². The number of nitrogens with zero attached hydrogens (tertiary/aromatic N) is 2. The summed E-state index contributed by atoms with van der Waals surface area (Å²) in [5.74, 6) is -0.296. The molecule has 0 radical (unpaired) electrons. The monoisotopic (exact) mass is 356 g/mol. The number of carboxylic acid groups (broad SMARTS) is 1. The Balaban J connectivity index is 1.48. The molecule has 2 bridgehead atoms. The average Bonchev–Trinajstić information content (AvgIpc) is 3.31. The number of fused-ring (bicyclic) bond motifs is 2. The van der Waals surface area contributed by atoms with Crippen LogP contribution < -0.4 is 0 Å². The SMILES string of the molecule is CC(C)c1ccc(-c2nc(CN3C4CCC3C(C(=O)O)C4)cs2)cc1. The molecular formula is C20H24N2O2S. The van der Waals surface area contributed by atoms with Crippen molar-refractivity contribution in [3.63, 3.8) is 0 Å². The fraction of sp³-hybridized carbons (Fsp3) is 0.500. The van der Waals surface area contributed by atoms with Gasteiger partial charge in [-0.15, -0.1) is 11.3 Å². The summed E-state index contributed by atoms with van der Waals surface area (Å²) >= 11 is 1.68. The van der Waals surface area contributed by atoms with Gasteiger partial charge in [0.1, 0.15) is 5.01 Å². The van der Waals surface area contributed by atoms with Gasteiger partial charge in [-0.2, -0.15) is 0 Å². The van der Waals surface area contributed by atoms with Crippen molar-refractivity contribution in [2.75, 3.05) is 0 Å². The van der Waals surface area contributed by atoms with Gasteiger partial charge in [0.15, 0.2) is 0 Å². The molecule has 2 aliphatic heterocycles. The fourth-order valence-electron chi connectivity index (χ4n) is 4.32. The smallest absolute Gasteiger partial charge is 0.308 e. The molecule has 25 heavy (non-hydrogen) atoms. The summed E-state index contributed by atoms with van der Waals surface area (Å²) in [5, 5.41) is 12.6. The Kier molecular flexibility index (Phi) is 4.38. The predicted molar refractivity (Wildman–Crippen MR) is 99.7 cm³/mol. The van der Waals surface area contributed by atoms with Crippen molar-refractivity contribution in [3.8, 4) is 10.6 Å². The van der Waals surface area contributed by atoms with Gasteiger partial charge in [-0.05, 0) is 30.7 Å². The third-order valence-corrected chi connectivity index (χ3v) is 6.66. The van der Waals surface area contributed by atoms with Gasteiger partial charge < -0.3 is 5.11 Å². The van der Waals surface area contributed by atoms with E-state index in [9.17, 15) is 9.90 Å². The lowest BCUT2D eigenvalue weighted by Crippen LogP contribution is -2.32. The van der Waals surface area contributed by atoms with Gasteiger partial charge in [0.25, 0.3) is 0 Å². The van der Waals surface area contributed by atoms with Crippen molar-refractivity contribution < 1.29 is 9.90 Å². The number of carbonyl (C=O) groups is 1. The Bertz CT molecular complexity index is 768. The summed E-state index contributed by atoms with van der Waals surface area (Å²) in [6.07, 6.45) is 2.94. The third kappa shape index (κ3) is 3.11. The molecule has 2 aromatic rings. The maximum atomic E-state index is 11.4. The molecule has 3 unspecified atom stereocenters. The van der Waals surface area contributed by atoms with Crippen molar-refractivity contribution in [1.82, 2.24) is 9.88 Å². The minimum atomic E-state index is -0.638. The van der Waals surface area contributed by atoms with E-state index in [4.69, 9.17) is 4.98 Å². The molecule has 1 aromatic carbocycles. The van der Waals surface area contributed by atoms with Crippen LogP contribution in [0, 0.1) is 5.92 Å². The first-order valence-corrected chi connectivity index (χ1v) is 9.94. The van der Waals surface area contributed by atoms with Crippen LogP contribution in [0.5, 0.6) is 0 Å². The number of rotatable bonds is 5. The second kappa shape index (κ2) is 6.54. The quantitative estimate of drug-likeness (QED) is 0.864. The molecule has 0 aliphatic carbocycles. The van der Waals surface area contributed by atoms with Gasteiger partial charge in [0, 0.05) is 29.6 Å². The average molecular weight is 356 g/mol. The molecule has 1 aromatic heterocycles. The van der Waals surface area contributed by atoms with Gasteiger partial charge in [-0.25, -0.2) is 4.98 Å². The summed E-state index contributed by atoms with van der Waals surface area (Å²) in [6, 6.07) is 9.27. The first-order chi connectivity index (χ1) is 12.0. The summed E-state index contributed by atoms with van der Waals surface area (Å²) in [7, 11) is 0. The maximum absolute atomic E-state index is 11.4. The Morgan fingerprint density at radius 1 is 1.32 bits per heavy atom. The first kappa shape index (κ1) is 16.7. The Labute approximate surface area is 152 Å². The highest BCUT2D eigenvalue weighted by molar-refractivity contribution is 7.13. The molecule has 1 N–H and O–H groups in total. The minimum Gasteiger partial charge on any atom is -0.481 e. The van der Waals surface area contributed by atoms with E-state index in [2.05, 4.69) is 48.4 Å². The predicted octanol–water partition coefficient (Wildman–Crippen LogP) is 4.37. The number of carboxylic acids is 1. The first-order valence-electron chi connectivity index (χ1n) is 9.06. The highest BCUT2D eigenvalue weighted by Crippen LogP contribution is 2.42. The van der Waals surface area contributed by atoms with Crippen LogP contribution in [-0.2, 0) is 11.3 Å². The zero-order chi connectivity index (χ0) is 17.6. The molecule has 3 heterocycles. The lowest BCUT2D eigenvalue weighted by molar-refractivity contribution is -0.142. The minimum absolute atomic E-state index is 0.193. The summed E-state index contributed by atoms with van der Waals surface area (Å²) in [4.78, 5) is 18.6. The van der Waals surface area contributed by atoms with Crippen molar-refractivity contribution in [1.29, 1.82) is 0 Å². The topological polar surface area (TPSA) is 53.4 Å². The van der Waals surface area contributed by atoms with Crippen LogP contribution in [0.25, 0.3) is 10.6 Å². The summed E-state index contributed by atoms with van der Waals surface area (Å²) in [5.41, 5.74) is 3.57. The molecule has 4 nitrogen and oxygen atoms in total. The zero-order valence-corrected chi connectivity index (χ0v) is 15.5. The number of aliphatic carboxylic acids is 1. The molecule has 4 rings (SSSR count). The van der Waals surface area contributed by atoms with Gasteiger partial charge >= 0.3 is 5.97 Å². The van der Waals surface area contributed by atoms with E-state index < -0.39 is 5.97 Å². The Morgan fingerprint density at radius 3 is 2.72 bits per heavy atom. The van der Waals surface area contributed by atoms with Crippen molar-refractivity contribution >= 4 is 17.3 Å². The number of thiazole rings is 1. The van der Waals surface area contributed by atoms with Gasteiger partial charge in [-0.3, -0.25) is 9.69 Å². The molecule has 5 heteroatoms. The van der Waals surface area contributed by atoms with E-state index in [1.807, 2.05) is 0 Å². The van der Waals surface area contributed by atoms with Crippen LogP contribution in [-0.4, -0.2) is 33.0 Å². The molecule has 0 spiro atoms. The lowest BCUT2D eigenvalue weighted by Gasteiger charge is -2.21. The largest absolute Gasteiger partial charge is 0.481 e. The van der Waals surface area contributed by atoms with Crippen LogP contribution >= 0.6 is 11.3 Å². The standard InChI is InChI=1S/C20H24N2O2S/c1-12(2)13-3-5-14(6-4-13)19-21-15(11-25-19)10-22-16-7-8-18(22)17(9-16)20(23)24/h3-6,11-12,16-18H,7-10H2,1-2H3,(H,23,24). The number of hydrogen-bond donors (Lipinski definition) is 1. The van der Waals surface area contributed by atoms with E-state index in [1.165, 1.54) is 5.56 Å². The van der Waals surface area contributed by atoms with Crippen molar-refractivity contribution in [2.24, 2.45) is 5.92 Å². The molecule has 2 aliphatic rings. The van der Waals surface area contributed by atoms with E-state index in [1.54, 1.807) is 11.3 Å². The number of hydrogen-bond acceptors (Lipinski definition) is 4.